The zero-order valence-corrected chi connectivity index (χ0v) is 8.34. The van der Waals surface area contributed by atoms with Gasteiger partial charge in [-0.15, -0.1) is 0 Å². The number of carboxylic acids is 1. The fourth-order valence-corrected chi connectivity index (χ4v) is 1.44. The molecular formula is C9H8BrFO2. The molecule has 0 saturated carbocycles. The minimum absolute atomic E-state index is 0.139. The molecule has 13 heavy (non-hydrogen) atoms. The summed E-state index contributed by atoms with van der Waals surface area (Å²) in [7, 11) is 0. The van der Waals surface area contributed by atoms with Crippen molar-refractivity contribution in [2.75, 3.05) is 0 Å². The van der Waals surface area contributed by atoms with Crippen LogP contribution in [0, 0.1) is 5.82 Å². The smallest absolute Gasteiger partial charge is 0.307 e. The van der Waals surface area contributed by atoms with E-state index in [9.17, 15) is 9.18 Å². The molecule has 1 aromatic rings. The van der Waals surface area contributed by atoms with Crippen LogP contribution in [0.4, 0.5) is 4.39 Å². The first-order valence-corrected chi connectivity index (χ1v) is 4.80. The molecule has 1 aromatic carbocycles. The predicted octanol–water partition coefficient (Wildman–Crippen LogP) is 2.35. The lowest BCUT2D eigenvalue weighted by molar-refractivity contribution is -0.136. The van der Waals surface area contributed by atoms with E-state index in [1.54, 1.807) is 12.1 Å². The third-order valence-electron chi connectivity index (χ3n) is 1.62. The van der Waals surface area contributed by atoms with Gasteiger partial charge in [-0.25, -0.2) is 4.39 Å². The van der Waals surface area contributed by atoms with Gasteiger partial charge in [0, 0.05) is 5.33 Å². The molecule has 1 rings (SSSR count). The fraction of sp³-hybridized carbons (Fsp3) is 0.222. The molecule has 0 amide bonds. The number of aliphatic carboxylic acids is 1. The number of rotatable bonds is 3. The maximum atomic E-state index is 13.1. The SMILES string of the molecule is O=C(O)Cc1ccc(CBr)c(F)c1. The van der Waals surface area contributed by atoms with Crippen LogP contribution in [0.15, 0.2) is 18.2 Å². The standard InChI is InChI=1S/C9H8BrFO2/c10-5-7-2-1-6(3-8(7)11)4-9(12)13/h1-3H,4-5H2,(H,12,13). The highest BCUT2D eigenvalue weighted by molar-refractivity contribution is 9.08. The molecule has 4 heteroatoms. The van der Waals surface area contributed by atoms with E-state index in [0.29, 0.717) is 16.5 Å². The number of carboxylic acid groups (broad SMARTS) is 1. The number of hydrogen-bond donors (Lipinski definition) is 1. The van der Waals surface area contributed by atoms with E-state index >= 15 is 0 Å². The molecule has 0 heterocycles. The number of benzene rings is 1. The van der Waals surface area contributed by atoms with Crippen LogP contribution in [0.3, 0.4) is 0 Å². The molecule has 0 aliphatic heterocycles. The van der Waals surface area contributed by atoms with E-state index in [0.717, 1.165) is 0 Å². The van der Waals surface area contributed by atoms with Gasteiger partial charge in [-0.1, -0.05) is 28.1 Å². The number of alkyl halides is 1. The summed E-state index contributed by atoms with van der Waals surface area (Å²) in [4.78, 5) is 10.3. The maximum absolute atomic E-state index is 13.1. The minimum atomic E-state index is -0.953. The van der Waals surface area contributed by atoms with Gasteiger partial charge in [0.1, 0.15) is 5.82 Å². The van der Waals surface area contributed by atoms with Crippen LogP contribution in [0.25, 0.3) is 0 Å². The summed E-state index contributed by atoms with van der Waals surface area (Å²) in [5.74, 6) is -1.32. The molecule has 0 aliphatic rings. The van der Waals surface area contributed by atoms with E-state index in [4.69, 9.17) is 5.11 Å². The van der Waals surface area contributed by atoms with Crippen molar-refractivity contribution in [1.29, 1.82) is 0 Å². The van der Waals surface area contributed by atoms with Gasteiger partial charge in [0.15, 0.2) is 0 Å². The highest BCUT2D eigenvalue weighted by Gasteiger charge is 2.04. The Balaban J connectivity index is 2.89. The van der Waals surface area contributed by atoms with Crippen LogP contribution in [0.5, 0.6) is 0 Å². The van der Waals surface area contributed by atoms with Crippen molar-refractivity contribution >= 4 is 21.9 Å². The summed E-state index contributed by atoms with van der Waals surface area (Å²) >= 11 is 3.13. The second-order valence-electron chi connectivity index (χ2n) is 2.63. The highest BCUT2D eigenvalue weighted by Crippen LogP contribution is 2.13. The van der Waals surface area contributed by atoms with Gasteiger partial charge in [0.2, 0.25) is 0 Å². The summed E-state index contributed by atoms with van der Waals surface area (Å²) in [5, 5.41) is 8.89. The molecule has 1 N–H and O–H groups in total. The third-order valence-corrected chi connectivity index (χ3v) is 2.22. The van der Waals surface area contributed by atoms with E-state index in [2.05, 4.69) is 15.9 Å². The zero-order chi connectivity index (χ0) is 9.84. The first kappa shape index (κ1) is 10.2. The Labute approximate surface area is 83.5 Å². The summed E-state index contributed by atoms with van der Waals surface area (Å²) < 4.78 is 13.1. The number of carbonyl (C=O) groups is 1. The summed E-state index contributed by atoms with van der Waals surface area (Å²) in [5.41, 5.74) is 1.02. The summed E-state index contributed by atoms with van der Waals surface area (Å²) in [6.07, 6.45) is -0.139. The van der Waals surface area contributed by atoms with Crippen molar-refractivity contribution in [2.45, 2.75) is 11.8 Å². The van der Waals surface area contributed by atoms with E-state index in [1.165, 1.54) is 6.07 Å². The Bertz CT molecular complexity index is 325. The normalized spacial score (nSPS) is 10.0. The van der Waals surface area contributed by atoms with Gasteiger partial charge in [-0.2, -0.15) is 0 Å². The summed E-state index contributed by atoms with van der Waals surface area (Å²) in [6, 6.07) is 4.46. The van der Waals surface area contributed by atoms with Crippen molar-refractivity contribution in [1.82, 2.24) is 0 Å². The maximum Gasteiger partial charge on any atom is 0.307 e. The zero-order valence-electron chi connectivity index (χ0n) is 6.76. The molecular weight excluding hydrogens is 239 g/mol. The molecule has 70 valence electrons. The molecule has 0 spiro atoms. The first-order chi connectivity index (χ1) is 6.13. The highest BCUT2D eigenvalue weighted by atomic mass is 79.9. The molecule has 0 saturated heterocycles. The van der Waals surface area contributed by atoms with E-state index in [1.807, 2.05) is 0 Å². The quantitative estimate of drug-likeness (QED) is 0.832. The Hall–Kier alpha value is -0.900. The van der Waals surface area contributed by atoms with Gasteiger partial charge in [0.25, 0.3) is 0 Å². The topological polar surface area (TPSA) is 37.3 Å². The van der Waals surface area contributed by atoms with Crippen molar-refractivity contribution in [2.24, 2.45) is 0 Å². The van der Waals surface area contributed by atoms with Crippen LogP contribution in [-0.2, 0) is 16.5 Å². The molecule has 0 bridgehead atoms. The average molecular weight is 247 g/mol. The second-order valence-corrected chi connectivity index (χ2v) is 3.19. The minimum Gasteiger partial charge on any atom is -0.481 e. The molecule has 0 aliphatic carbocycles. The van der Waals surface area contributed by atoms with Crippen molar-refractivity contribution < 1.29 is 14.3 Å². The van der Waals surface area contributed by atoms with Gasteiger partial charge in [-0.3, -0.25) is 4.79 Å². The van der Waals surface area contributed by atoms with E-state index in [-0.39, 0.29) is 12.2 Å². The van der Waals surface area contributed by atoms with Gasteiger partial charge in [0.05, 0.1) is 6.42 Å². The Kier molecular flexibility index (Phi) is 3.42. The van der Waals surface area contributed by atoms with Crippen LogP contribution in [0.2, 0.25) is 0 Å². The lowest BCUT2D eigenvalue weighted by Gasteiger charge is -2.01. The summed E-state index contributed by atoms with van der Waals surface area (Å²) in [6.45, 7) is 0. The lowest BCUT2D eigenvalue weighted by Crippen LogP contribution is -2.01. The van der Waals surface area contributed by atoms with Crippen LogP contribution in [-0.4, -0.2) is 11.1 Å². The number of hydrogen-bond acceptors (Lipinski definition) is 1. The van der Waals surface area contributed by atoms with Crippen LogP contribution < -0.4 is 0 Å². The fourth-order valence-electron chi connectivity index (χ4n) is 0.984. The lowest BCUT2D eigenvalue weighted by atomic mass is 10.1. The monoisotopic (exact) mass is 246 g/mol. The van der Waals surface area contributed by atoms with E-state index < -0.39 is 5.97 Å². The van der Waals surface area contributed by atoms with Crippen molar-refractivity contribution in [3.63, 3.8) is 0 Å². The van der Waals surface area contributed by atoms with Crippen LogP contribution >= 0.6 is 15.9 Å². The predicted molar refractivity (Wildman–Crippen MR) is 50.4 cm³/mol. The molecule has 0 fully saturated rings. The number of halogens is 2. The Morgan fingerprint density at radius 1 is 1.54 bits per heavy atom. The van der Waals surface area contributed by atoms with Gasteiger partial charge >= 0.3 is 5.97 Å². The van der Waals surface area contributed by atoms with Crippen molar-refractivity contribution in [3.8, 4) is 0 Å². The van der Waals surface area contributed by atoms with Gasteiger partial charge in [-0.05, 0) is 17.2 Å². The van der Waals surface area contributed by atoms with Gasteiger partial charge < -0.3 is 5.11 Å². The average Bonchev–Trinajstić information content (AvgIpc) is 2.03. The molecule has 0 radical (unpaired) electrons. The second kappa shape index (κ2) is 4.37. The third kappa shape index (κ3) is 2.81. The molecule has 0 unspecified atom stereocenters. The largest absolute Gasteiger partial charge is 0.481 e. The molecule has 2 nitrogen and oxygen atoms in total. The first-order valence-electron chi connectivity index (χ1n) is 3.68. The Morgan fingerprint density at radius 3 is 2.69 bits per heavy atom. The van der Waals surface area contributed by atoms with Crippen molar-refractivity contribution in [3.05, 3.63) is 35.1 Å². The molecule has 0 aromatic heterocycles. The molecule has 0 atom stereocenters. The van der Waals surface area contributed by atoms with Crippen LogP contribution in [0.1, 0.15) is 11.1 Å². The Morgan fingerprint density at radius 2 is 2.23 bits per heavy atom.